The molecule has 2 unspecified atom stereocenters. The lowest BCUT2D eigenvalue weighted by Gasteiger charge is -2.25. The van der Waals surface area contributed by atoms with Crippen molar-refractivity contribution in [2.45, 2.75) is 18.6 Å². The first-order valence-electron chi connectivity index (χ1n) is 7.19. The summed E-state index contributed by atoms with van der Waals surface area (Å²) in [5.74, 6) is -0.632. The van der Waals surface area contributed by atoms with Crippen molar-refractivity contribution in [2.75, 3.05) is 6.54 Å². The van der Waals surface area contributed by atoms with Gasteiger partial charge in [-0.25, -0.2) is 9.37 Å². The zero-order chi connectivity index (χ0) is 16.4. The normalized spacial score (nSPS) is 20.3. The van der Waals surface area contributed by atoms with Crippen molar-refractivity contribution in [3.63, 3.8) is 0 Å². The monoisotopic (exact) mass is 311 g/mol. The maximum Gasteiger partial charge on any atom is 0.254 e. The number of aliphatic hydroxyl groups is 1. The Morgan fingerprint density at radius 2 is 2.09 bits per heavy atom. The Bertz CT molecular complexity index is 770. The van der Waals surface area contributed by atoms with Crippen molar-refractivity contribution in [2.24, 2.45) is 0 Å². The Hall–Kier alpha value is -2.78. The van der Waals surface area contributed by atoms with Crippen molar-refractivity contribution in [1.82, 2.24) is 9.88 Å². The van der Waals surface area contributed by atoms with Crippen molar-refractivity contribution in [3.8, 4) is 6.07 Å². The summed E-state index contributed by atoms with van der Waals surface area (Å²) in [6.45, 7) is 0.199. The number of aliphatic hydroxyl groups excluding tert-OH is 1. The molecule has 0 aliphatic carbocycles. The van der Waals surface area contributed by atoms with Crippen LogP contribution >= 0.6 is 0 Å². The molecule has 2 aromatic rings. The van der Waals surface area contributed by atoms with E-state index in [1.165, 1.54) is 30.5 Å². The number of rotatable bonds is 2. The van der Waals surface area contributed by atoms with E-state index in [9.17, 15) is 14.3 Å². The maximum atomic E-state index is 13.1. The van der Waals surface area contributed by atoms with Crippen LogP contribution in [-0.2, 0) is 0 Å². The highest BCUT2D eigenvalue weighted by Gasteiger charge is 2.35. The number of likely N-dealkylation sites (tertiary alicyclic amines) is 1. The predicted octanol–water partition coefficient (Wildman–Crippen LogP) is 2.04. The quantitative estimate of drug-likeness (QED) is 0.920. The molecule has 2 heterocycles. The van der Waals surface area contributed by atoms with Crippen LogP contribution in [-0.4, -0.2) is 33.5 Å². The summed E-state index contributed by atoms with van der Waals surface area (Å²) in [4.78, 5) is 18.1. The Morgan fingerprint density at radius 3 is 2.78 bits per heavy atom. The lowest BCUT2D eigenvalue weighted by molar-refractivity contribution is 0.0715. The first-order chi connectivity index (χ1) is 11.1. The fraction of sp³-hybridized carbons (Fsp3) is 0.235. The van der Waals surface area contributed by atoms with Crippen molar-refractivity contribution in [1.29, 1.82) is 5.26 Å². The zero-order valence-electron chi connectivity index (χ0n) is 12.2. The molecule has 1 N–H and O–H groups in total. The molecular weight excluding hydrogens is 297 g/mol. The molecule has 1 aromatic carbocycles. The second-order valence-electron chi connectivity index (χ2n) is 5.46. The second-order valence-corrected chi connectivity index (χ2v) is 5.46. The molecule has 0 radical (unpaired) electrons. The molecule has 0 spiro atoms. The van der Waals surface area contributed by atoms with Crippen molar-refractivity contribution >= 4 is 5.91 Å². The van der Waals surface area contributed by atoms with Crippen LogP contribution in [0.4, 0.5) is 4.39 Å². The van der Waals surface area contributed by atoms with Gasteiger partial charge < -0.3 is 10.0 Å². The Kier molecular flexibility index (Phi) is 4.04. The SMILES string of the molecule is N#Cc1cc(C(=O)N2CC(O)CC2c2ccc(F)cc2)ccn1. The summed E-state index contributed by atoms with van der Waals surface area (Å²) in [5.41, 5.74) is 1.28. The van der Waals surface area contributed by atoms with E-state index >= 15 is 0 Å². The number of nitriles is 1. The standard InChI is InChI=1S/C17H14FN3O2/c18-13-3-1-11(2-4-13)16-8-15(22)10-21(16)17(23)12-5-6-20-14(7-12)9-19/h1-7,15-16,22H,8,10H2. The first kappa shape index (κ1) is 15.1. The number of aromatic nitrogens is 1. The van der Waals surface area contributed by atoms with Crippen molar-refractivity contribution in [3.05, 3.63) is 65.2 Å². The first-order valence-corrected chi connectivity index (χ1v) is 7.19. The summed E-state index contributed by atoms with van der Waals surface area (Å²) in [7, 11) is 0. The van der Waals surface area contributed by atoms with Gasteiger partial charge in [0, 0.05) is 18.3 Å². The molecule has 1 saturated heterocycles. The Morgan fingerprint density at radius 1 is 1.35 bits per heavy atom. The average molecular weight is 311 g/mol. The summed E-state index contributed by atoms with van der Waals surface area (Å²) < 4.78 is 13.1. The lowest BCUT2D eigenvalue weighted by Crippen LogP contribution is -2.31. The van der Waals surface area contributed by atoms with E-state index in [0.717, 1.165) is 5.56 Å². The molecule has 5 nitrogen and oxygen atoms in total. The van der Waals surface area contributed by atoms with Gasteiger partial charge in [0.05, 0.1) is 12.1 Å². The number of benzene rings is 1. The molecule has 6 heteroatoms. The minimum absolute atomic E-state index is 0.161. The average Bonchev–Trinajstić information content (AvgIpc) is 2.96. The number of hydrogen-bond donors (Lipinski definition) is 1. The molecule has 3 rings (SSSR count). The van der Waals surface area contributed by atoms with Gasteiger partial charge in [0.15, 0.2) is 0 Å². The topological polar surface area (TPSA) is 77.2 Å². The number of β-amino-alcohol motifs (C(OH)–C–C–N with tert-alkyl or cyclic N) is 1. The third-order valence-corrected chi connectivity index (χ3v) is 3.92. The van der Waals surface area contributed by atoms with Crippen LogP contribution in [0.3, 0.4) is 0 Å². The van der Waals surface area contributed by atoms with Gasteiger partial charge in [-0.1, -0.05) is 12.1 Å². The summed E-state index contributed by atoms with van der Waals surface area (Å²) in [5, 5.41) is 18.8. The van der Waals surface area contributed by atoms with E-state index in [2.05, 4.69) is 4.98 Å². The van der Waals surface area contributed by atoms with Gasteiger partial charge in [-0.3, -0.25) is 4.79 Å². The smallest absolute Gasteiger partial charge is 0.254 e. The fourth-order valence-electron chi connectivity index (χ4n) is 2.83. The van der Waals surface area contributed by atoms with Crippen LogP contribution in [0.5, 0.6) is 0 Å². The van der Waals surface area contributed by atoms with Gasteiger partial charge in [0.25, 0.3) is 5.91 Å². The van der Waals surface area contributed by atoms with Crippen LogP contribution in [0.2, 0.25) is 0 Å². The molecule has 1 amide bonds. The molecular formula is C17H14FN3O2. The molecule has 1 aliphatic rings. The number of amides is 1. The number of halogens is 1. The van der Waals surface area contributed by atoms with E-state index < -0.39 is 6.10 Å². The van der Waals surface area contributed by atoms with E-state index in [0.29, 0.717) is 12.0 Å². The third kappa shape index (κ3) is 3.05. The minimum atomic E-state index is -0.633. The number of carbonyl (C=O) groups is 1. The molecule has 1 fully saturated rings. The minimum Gasteiger partial charge on any atom is -0.391 e. The van der Waals surface area contributed by atoms with Gasteiger partial charge in [-0.15, -0.1) is 0 Å². The molecule has 2 atom stereocenters. The second kappa shape index (κ2) is 6.15. The zero-order valence-corrected chi connectivity index (χ0v) is 12.2. The molecule has 0 bridgehead atoms. The molecule has 116 valence electrons. The van der Waals surface area contributed by atoms with E-state index in [4.69, 9.17) is 5.26 Å². The molecule has 23 heavy (non-hydrogen) atoms. The molecule has 1 aromatic heterocycles. The van der Waals surface area contributed by atoms with Crippen LogP contribution in [0.15, 0.2) is 42.6 Å². The molecule has 1 aliphatic heterocycles. The van der Waals surface area contributed by atoms with Gasteiger partial charge in [-0.05, 0) is 36.2 Å². The van der Waals surface area contributed by atoms with Gasteiger partial charge in [-0.2, -0.15) is 5.26 Å². The number of pyridine rings is 1. The van der Waals surface area contributed by atoms with Crippen LogP contribution < -0.4 is 0 Å². The van der Waals surface area contributed by atoms with Gasteiger partial charge in [0.1, 0.15) is 17.6 Å². The predicted molar refractivity (Wildman–Crippen MR) is 79.8 cm³/mol. The Balaban J connectivity index is 1.91. The highest BCUT2D eigenvalue weighted by molar-refractivity contribution is 5.94. The van der Waals surface area contributed by atoms with Crippen LogP contribution in [0, 0.1) is 17.1 Å². The highest BCUT2D eigenvalue weighted by Crippen LogP contribution is 2.33. The van der Waals surface area contributed by atoms with E-state index in [-0.39, 0.29) is 30.0 Å². The lowest BCUT2D eigenvalue weighted by atomic mass is 10.0. The van der Waals surface area contributed by atoms with Crippen LogP contribution in [0.25, 0.3) is 0 Å². The summed E-state index contributed by atoms with van der Waals surface area (Å²) in [6.07, 6.45) is 1.17. The van der Waals surface area contributed by atoms with Gasteiger partial charge >= 0.3 is 0 Å². The van der Waals surface area contributed by atoms with Crippen LogP contribution in [0.1, 0.15) is 34.1 Å². The van der Waals surface area contributed by atoms with Gasteiger partial charge in [0.2, 0.25) is 0 Å². The Labute approximate surface area is 132 Å². The third-order valence-electron chi connectivity index (χ3n) is 3.92. The van der Waals surface area contributed by atoms with Crippen molar-refractivity contribution < 1.29 is 14.3 Å². The van der Waals surface area contributed by atoms with E-state index in [1.54, 1.807) is 17.0 Å². The fourth-order valence-corrected chi connectivity index (χ4v) is 2.83. The maximum absolute atomic E-state index is 13.1. The molecule has 0 saturated carbocycles. The summed E-state index contributed by atoms with van der Waals surface area (Å²) >= 11 is 0. The number of carbonyl (C=O) groups excluding carboxylic acids is 1. The number of nitrogens with zero attached hydrogens (tertiary/aromatic N) is 3. The van der Waals surface area contributed by atoms with E-state index in [1.807, 2.05) is 6.07 Å². The number of hydrogen-bond acceptors (Lipinski definition) is 4. The largest absolute Gasteiger partial charge is 0.391 e. The highest BCUT2D eigenvalue weighted by atomic mass is 19.1. The summed E-state index contributed by atoms with van der Waals surface area (Å²) in [6, 6.07) is 10.4.